The van der Waals surface area contributed by atoms with Gasteiger partial charge in [0.1, 0.15) is 19.3 Å². The van der Waals surface area contributed by atoms with Crippen LogP contribution in [0.25, 0.3) is 0 Å². The summed E-state index contributed by atoms with van der Waals surface area (Å²) >= 11 is 0. The molecule has 0 bridgehead atoms. The molecule has 0 N–H and O–H groups in total. The zero-order valence-electron chi connectivity index (χ0n) is 11.9. The van der Waals surface area contributed by atoms with Crippen LogP contribution in [0.1, 0.15) is 18.4 Å². The Kier molecular flexibility index (Phi) is 5.71. The highest BCUT2D eigenvalue weighted by Gasteiger charge is 2.24. The van der Waals surface area contributed by atoms with E-state index in [0.29, 0.717) is 12.8 Å². The average molecular weight is 304 g/mol. The maximum Gasteiger partial charge on any atom is 0.331 e. The molecule has 1 heterocycles. The van der Waals surface area contributed by atoms with Gasteiger partial charge >= 0.3 is 17.9 Å². The smallest absolute Gasteiger partial charge is 0.331 e. The average Bonchev–Trinajstić information content (AvgIpc) is 2.95. The molecule has 1 aromatic carbocycles. The predicted molar refractivity (Wildman–Crippen MR) is 75.5 cm³/mol. The molecule has 0 amide bonds. The van der Waals surface area contributed by atoms with Gasteiger partial charge in [-0.2, -0.15) is 0 Å². The summed E-state index contributed by atoms with van der Waals surface area (Å²) in [4.78, 5) is 33.7. The fourth-order valence-corrected chi connectivity index (χ4v) is 1.84. The van der Waals surface area contributed by atoms with Crippen LogP contribution in [0.4, 0.5) is 0 Å². The standard InChI is InChI=1S/C16H16O6/c17-14(20-10-12-4-2-1-3-5-12)8-9-15(18)21-11-13-6-7-16(19)22-13/h1-5,8-9,13H,6-7,10-11H2/b9-8+. The number of carbonyl (C=O) groups is 3. The molecule has 6 heteroatoms. The van der Waals surface area contributed by atoms with Gasteiger partial charge in [-0.1, -0.05) is 30.3 Å². The highest BCUT2D eigenvalue weighted by atomic mass is 16.6. The van der Waals surface area contributed by atoms with Crippen molar-refractivity contribution in [2.24, 2.45) is 0 Å². The van der Waals surface area contributed by atoms with Crippen molar-refractivity contribution in [1.82, 2.24) is 0 Å². The van der Waals surface area contributed by atoms with Crippen molar-refractivity contribution in [3.63, 3.8) is 0 Å². The number of carbonyl (C=O) groups excluding carboxylic acids is 3. The Bertz CT molecular complexity index is 563. The van der Waals surface area contributed by atoms with Crippen LogP contribution < -0.4 is 0 Å². The van der Waals surface area contributed by atoms with E-state index in [9.17, 15) is 14.4 Å². The van der Waals surface area contributed by atoms with E-state index < -0.39 is 18.0 Å². The number of ether oxygens (including phenoxy) is 3. The summed E-state index contributed by atoms with van der Waals surface area (Å²) in [6.45, 7) is 0.130. The second kappa shape index (κ2) is 7.97. The summed E-state index contributed by atoms with van der Waals surface area (Å²) < 4.78 is 14.7. The van der Waals surface area contributed by atoms with Gasteiger partial charge in [0.2, 0.25) is 0 Å². The molecule has 1 aliphatic rings. The Morgan fingerprint density at radius 1 is 1.14 bits per heavy atom. The lowest BCUT2D eigenvalue weighted by Gasteiger charge is -2.08. The van der Waals surface area contributed by atoms with Crippen LogP contribution in [-0.4, -0.2) is 30.6 Å². The van der Waals surface area contributed by atoms with E-state index in [1.165, 1.54) is 0 Å². The number of rotatable bonds is 6. The van der Waals surface area contributed by atoms with Gasteiger partial charge in [-0.25, -0.2) is 9.59 Å². The van der Waals surface area contributed by atoms with E-state index in [1.807, 2.05) is 30.3 Å². The normalized spacial score (nSPS) is 17.3. The van der Waals surface area contributed by atoms with Crippen LogP contribution >= 0.6 is 0 Å². The predicted octanol–water partition coefficient (Wildman–Crippen LogP) is 1.53. The van der Waals surface area contributed by atoms with Crippen LogP contribution in [0.15, 0.2) is 42.5 Å². The lowest BCUT2D eigenvalue weighted by molar-refractivity contribution is -0.149. The fourth-order valence-electron chi connectivity index (χ4n) is 1.84. The molecule has 1 aromatic rings. The van der Waals surface area contributed by atoms with Gasteiger partial charge in [-0.05, 0) is 12.0 Å². The molecule has 0 radical (unpaired) electrons. The first-order valence-electron chi connectivity index (χ1n) is 6.88. The molecule has 0 aliphatic carbocycles. The summed E-state index contributed by atoms with van der Waals surface area (Å²) in [5, 5.41) is 0. The fraction of sp³-hybridized carbons (Fsp3) is 0.312. The Morgan fingerprint density at radius 2 is 1.82 bits per heavy atom. The molecule has 1 fully saturated rings. The minimum atomic E-state index is -0.681. The van der Waals surface area contributed by atoms with Gasteiger partial charge in [0.15, 0.2) is 0 Å². The van der Waals surface area contributed by atoms with Gasteiger partial charge in [-0.3, -0.25) is 4.79 Å². The van der Waals surface area contributed by atoms with E-state index in [0.717, 1.165) is 17.7 Å². The maximum absolute atomic E-state index is 11.4. The van der Waals surface area contributed by atoms with Gasteiger partial charge in [0, 0.05) is 18.6 Å². The van der Waals surface area contributed by atoms with Gasteiger partial charge in [-0.15, -0.1) is 0 Å². The third-order valence-electron chi connectivity index (χ3n) is 2.96. The van der Waals surface area contributed by atoms with Gasteiger partial charge < -0.3 is 14.2 Å². The summed E-state index contributed by atoms with van der Waals surface area (Å²) in [6.07, 6.45) is 2.48. The number of esters is 3. The zero-order chi connectivity index (χ0) is 15.8. The number of hydrogen-bond acceptors (Lipinski definition) is 6. The molecule has 2 rings (SSSR count). The number of hydrogen-bond donors (Lipinski definition) is 0. The van der Waals surface area contributed by atoms with E-state index in [4.69, 9.17) is 14.2 Å². The monoisotopic (exact) mass is 304 g/mol. The first-order chi connectivity index (χ1) is 10.6. The third kappa shape index (κ3) is 5.40. The maximum atomic E-state index is 11.4. The molecule has 1 atom stereocenters. The molecular weight excluding hydrogens is 288 g/mol. The molecule has 1 aliphatic heterocycles. The minimum Gasteiger partial charge on any atom is -0.459 e. The van der Waals surface area contributed by atoms with Crippen molar-refractivity contribution in [3.05, 3.63) is 48.0 Å². The first-order valence-corrected chi connectivity index (χ1v) is 6.88. The van der Waals surface area contributed by atoms with Crippen molar-refractivity contribution in [2.45, 2.75) is 25.6 Å². The topological polar surface area (TPSA) is 78.9 Å². The highest BCUT2D eigenvalue weighted by Crippen LogP contribution is 2.13. The van der Waals surface area contributed by atoms with Crippen LogP contribution in [0, 0.1) is 0 Å². The largest absolute Gasteiger partial charge is 0.459 e. The molecule has 6 nitrogen and oxygen atoms in total. The third-order valence-corrected chi connectivity index (χ3v) is 2.96. The van der Waals surface area contributed by atoms with E-state index in [-0.39, 0.29) is 19.2 Å². The molecule has 0 saturated carbocycles. The summed E-state index contributed by atoms with van der Waals surface area (Å²) in [5.74, 6) is -1.60. The molecular formula is C16H16O6. The lowest BCUT2D eigenvalue weighted by Crippen LogP contribution is -2.17. The summed E-state index contributed by atoms with van der Waals surface area (Å²) in [6, 6.07) is 9.20. The number of benzene rings is 1. The summed E-state index contributed by atoms with van der Waals surface area (Å²) in [5.41, 5.74) is 0.856. The second-order valence-corrected chi connectivity index (χ2v) is 4.71. The Hall–Kier alpha value is -2.63. The van der Waals surface area contributed by atoms with Crippen LogP contribution in [0.3, 0.4) is 0 Å². The summed E-state index contributed by atoms with van der Waals surface area (Å²) in [7, 11) is 0. The Labute approximate surface area is 127 Å². The first kappa shape index (κ1) is 15.8. The molecule has 1 unspecified atom stereocenters. The van der Waals surface area contributed by atoms with Gasteiger partial charge in [0.25, 0.3) is 0 Å². The zero-order valence-corrected chi connectivity index (χ0v) is 11.9. The SMILES string of the molecule is O=C(/C=C/C(=O)OCC1CCC(=O)O1)OCc1ccccc1. The van der Waals surface area contributed by atoms with E-state index >= 15 is 0 Å². The van der Waals surface area contributed by atoms with Crippen molar-refractivity contribution in [3.8, 4) is 0 Å². The Morgan fingerprint density at radius 3 is 2.45 bits per heavy atom. The van der Waals surface area contributed by atoms with Crippen molar-refractivity contribution >= 4 is 17.9 Å². The highest BCUT2D eigenvalue weighted by molar-refractivity contribution is 5.91. The minimum absolute atomic E-state index is 0.00598. The van der Waals surface area contributed by atoms with Crippen molar-refractivity contribution in [1.29, 1.82) is 0 Å². The molecule has 116 valence electrons. The second-order valence-electron chi connectivity index (χ2n) is 4.71. The molecule has 1 saturated heterocycles. The number of cyclic esters (lactones) is 1. The van der Waals surface area contributed by atoms with Crippen LogP contribution in [0.2, 0.25) is 0 Å². The Balaban J connectivity index is 1.66. The quantitative estimate of drug-likeness (QED) is 0.450. The molecule has 0 aromatic heterocycles. The van der Waals surface area contributed by atoms with E-state index in [2.05, 4.69) is 0 Å². The van der Waals surface area contributed by atoms with Crippen molar-refractivity contribution in [2.75, 3.05) is 6.61 Å². The van der Waals surface area contributed by atoms with Gasteiger partial charge in [0.05, 0.1) is 0 Å². The van der Waals surface area contributed by atoms with Crippen LogP contribution in [-0.2, 0) is 35.2 Å². The van der Waals surface area contributed by atoms with Crippen LogP contribution in [0.5, 0.6) is 0 Å². The molecule has 22 heavy (non-hydrogen) atoms. The van der Waals surface area contributed by atoms with E-state index in [1.54, 1.807) is 0 Å². The lowest BCUT2D eigenvalue weighted by atomic mass is 10.2. The molecule has 0 spiro atoms. The van der Waals surface area contributed by atoms with Crippen molar-refractivity contribution < 1.29 is 28.6 Å².